The number of carbonyl (C=O) groups is 1. The van der Waals surface area contributed by atoms with Crippen molar-refractivity contribution < 1.29 is 13.9 Å². The summed E-state index contributed by atoms with van der Waals surface area (Å²) < 4.78 is 10.2. The monoisotopic (exact) mass is 290 g/mol. The molecule has 1 heterocycles. The molecular weight excluding hydrogens is 272 g/mol. The van der Waals surface area contributed by atoms with E-state index in [-0.39, 0.29) is 11.2 Å². The predicted octanol–water partition coefficient (Wildman–Crippen LogP) is 2.76. The van der Waals surface area contributed by atoms with Crippen molar-refractivity contribution in [3.05, 3.63) is 5.89 Å². The van der Waals surface area contributed by atoms with Gasteiger partial charge in [0, 0.05) is 0 Å². The van der Waals surface area contributed by atoms with Crippen LogP contribution < -0.4 is 0 Å². The zero-order chi connectivity index (χ0) is 13.4. The molecule has 1 rings (SSSR count). The first-order valence-corrected chi connectivity index (χ1v) is 8.04. The summed E-state index contributed by atoms with van der Waals surface area (Å²) in [5.74, 6) is 1.04. The van der Waals surface area contributed by atoms with Crippen molar-refractivity contribution in [1.82, 2.24) is 10.2 Å². The largest absolute Gasteiger partial charge is 0.468 e. The van der Waals surface area contributed by atoms with E-state index in [1.54, 1.807) is 11.8 Å². The molecule has 0 saturated carbocycles. The molecule has 0 bridgehead atoms. The molecule has 0 fully saturated rings. The molecule has 0 spiro atoms. The van der Waals surface area contributed by atoms with Crippen LogP contribution in [0.1, 0.15) is 32.1 Å². The number of hydrogen-bond acceptors (Lipinski definition) is 7. The lowest BCUT2D eigenvalue weighted by Gasteiger charge is -2.10. The van der Waals surface area contributed by atoms with Crippen LogP contribution in [0.2, 0.25) is 0 Å². The van der Waals surface area contributed by atoms with Crippen molar-refractivity contribution in [2.24, 2.45) is 0 Å². The van der Waals surface area contributed by atoms with Crippen LogP contribution in [0, 0.1) is 0 Å². The number of aromatic nitrogens is 2. The Kier molecular flexibility index (Phi) is 7.19. The lowest BCUT2D eigenvalue weighted by Crippen LogP contribution is -2.18. The number of ether oxygens (including phenoxy) is 1. The van der Waals surface area contributed by atoms with Crippen molar-refractivity contribution in [3.8, 4) is 0 Å². The van der Waals surface area contributed by atoms with Crippen molar-refractivity contribution >= 4 is 29.5 Å². The highest BCUT2D eigenvalue weighted by atomic mass is 32.2. The smallest absolute Gasteiger partial charge is 0.319 e. The molecule has 0 radical (unpaired) electrons. The Morgan fingerprint density at radius 2 is 2.28 bits per heavy atom. The molecule has 0 N–H and O–H groups in total. The van der Waals surface area contributed by atoms with E-state index in [4.69, 9.17) is 9.15 Å². The van der Waals surface area contributed by atoms with Gasteiger partial charge in [0.05, 0.1) is 12.9 Å². The molecule has 0 amide bonds. The maximum absolute atomic E-state index is 11.6. The average Bonchev–Trinajstić information content (AvgIpc) is 2.81. The third-order valence-corrected chi connectivity index (χ3v) is 3.86. The number of thioether (sulfide) groups is 2. The lowest BCUT2D eigenvalue weighted by molar-refractivity contribution is -0.140. The molecule has 1 atom stereocenters. The third kappa shape index (κ3) is 4.89. The van der Waals surface area contributed by atoms with Crippen LogP contribution in [0.15, 0.2) is 9.64 Å². The van der Waals surface area contributed by atoms with E-state index in [0.717, 1.165) is 19.3 Å². The van der Waals surface area contributed by atoms with Gasteiger partial charge in [0.1, 0.15) is 5.25 Å². The van der Waals surface area contributed by atoms with Crippen molar-refractivity contribution in [2.45, 2.75) is 42.4 Å². The van der Waals surface area contributed by atoms with Crippen molar-refractivity contribution in [3.63, 3.8) is 0 Å². The Morgan fingerprint density at radius 1 is 1.50 bits per heavy atom. The van der Waals surface area contributed by atoms with Crippen molar-refractivity contribution in [1.29, 1.82) is 0 Å². The van der Waals surface area contributed by atoms with Crippen LogP contribution in [-0.2, 0) is 15.3 Å². The number of rotatable bonds is 8. The van der Waals surface area contributed by atoms with Gasteiger partial charge in [-0.25, -0.2) is 0 Å². The number of carbonyl (C=O) groups excluding carboxylic acids is 1. The second-order valence-corrected chi connectivity index (χ2v) is 5.69. The van der Waals surface area contributed by atoms with Gasteiger partial charge < -0.3 is 9.15 Å². The zero-order valence-electron chi connectivity index (χ0n) is 10.8. The standard InChI is InChI=1S/C11H18N2O3S2/c1-4-5-6-8(10(14)15-2)18-11-13-12-9(16-11)7-17-3/h8H,4-7H2,1-3H3. The topological polar surface area (TPSA) is 65.2 Å². The van der Waals surface area contributed by atoms with E-state index in [0.29, 0.717) is 16.9 Å². The third-order valence-electron chi connectivity index (χ3n) is 2.24. The van der Waals surface area contributed by atoms with Gasteiger partial charge in [-0.3, -0.25) is 4.79 Å². The van der Waals surface area contributed by atoms with E-state index in [9.17, 15) is 4.79 Å². The fourth-order valence-electron chi connectivity index (χ4n) is 1.34. The summed E-state index contributed by atoms with van der Waals surface area (Å²) in [4.78, 5) is 11.6. The van der Waals surface area contributed by atoms with Crippen LogP contribution in [-0.4, -0.2) is 34.8 Å². The van der Waals surface area contributed by atoms with Gasteiger partial charge in [-0.2, -0.15) is 11.8 Å². The summed E-state index contributed by atoms with van der Waals surface area (Å²) in [5, 5.41) is 8.01. The summed E-state index contributed by atoms with van der Waals surface area (Å²) in [6, 6.07) is 0. The summed E-state index contributed by atoms with van der Waals surface area (Å²) in [7, 11) is 1.40. The van der Waals surface area contributed by atoms with Crippen molar-refractivity contribution in [2.75, 3.05) is 13.4 Å². The molecule has 0 aliphatic carbocycles. The Morgan fingerprint density at radius 3 is 2.89 bits per heavy atom. The van der Waals surface area contributed by atoms with E-state index >= 15 is 0 Å². The minimum absolute atomic E-state index is 0.238. The molecule has 1 aromatic rings. The first-order valence-electron chi connectivity index (χ1n) is 5.77. The molecule has 1 aromatic heterocycles. The van der Waals surface area contributed by atoms with Gasteiger partial charge >= 0.3 is 5.97 Å². The average molecular weight is 290 g/mol. The number of hydrogen-bond donors (Lipinski definition) is 0. The SMILES string of the molecule is CCCCC(Sc1nnc(CSC)o1)C(=O)OC. The molecule has 102 valence electrons. The Balaban J connectivity index is 2.60. The fourth-order valence-corrected chi connectivity index (χ4v) is 2.65. The molecule has 0 aliphatic heterocycles. The highest BCUT2D eigenvalue weighted by Crippen LogP contribution is 2.27. The minimum Gasteiger partial charge on any atom is -0.468 e. The molecule has 5 nitrogen and oxygen atoms in total. The summed E-state index contributed by atoms with van der Waals surface area (Å²) in [6.07, 6.45) is 4.73. The molecule has 1 unspecified atom stereocenters. The van der Waals surface area contributed by atoms with Gasteiger partial charge in [-0.05, 0) is 12.7 Å². The maximum Gasteiger partial charge on any atom is 0.319 e. The fraction of sp³-hybridized carbons (Fsp3) is 0.727. The predicted molar refractivity (Wildman–Crippen MR) is 72.7 cm³/mol. The number of unbranched alkanes of at least 4 members (excludes halogenated alkanes) is 1. The molecule has 0 aliphatic rings. The van der Waals surface area contributed by atoms with Crippen LogP contribution in [0.5, 0.6) is 0 Å². The maximum atomic E-state index is 11.6. The number of nitrogens with zero attached hydrogens (tertiary/aromatic N) is 2. The van der Waals surface area contributed by atoms with Gasteiger partial charge in [0.15, 0.2) is 0 Å². The quantitative estimate of drug-likeness (QED) is 0.538. The molecule has 0 aromatic carbocycles. The second kappa shape index (κ2) is 8.42. The minimum atomic E-state index is -0.266. The van der Waals surface area contributed by atoms with Gasteiger partial charge in [0.25, 0.3) is 5.22 Å². The van der Waals surface area contributed by atoms with Crippen LogP contribution in [0.4, 0.5) is 0 Å². The normalized spacial score (nSPS) is 12.4. The van der Waals surface area contributed by atoms with Gasteiger partial charge in [-0.15, -0.1) is 10.2 Å². The first-order chi connectivity index (χ1) is 8.71. The van der Waals surface area contributed by atoms with E-state index in [1.165, 1.54) is 18.9 Å². The zero-order valence-corrected chi connectivity index (χ0v) is 12.5. The van der Waals surface area contributed by atoms with E-state index in [2.05, 4.69) is 17.1 Å². The van der Waals surface area contributed by atoms with Gasteiger partial charge in [-0.1, -0.05) is 31.5 Å². The molecule has 0 saturated heterocycles. The molecular formula is C11H18N2O3S2. The molecule has 7 heteroatoms. The Bertz CT molecular complexity index is 371. The summed E-state index contributed by atoms with van der Waals surface area (Å²) in [6.45, 7) is 2.09. The van der Waals surface area contributed by atoms with E-state index < -0.39 is 0 Å². The van der Waals surface area contributed by atoms with Crippen LogP contribution in [0.25, 0.3) is 0 Å². The Hall–Kier alpha value is -0.690. The first kappa shape index (κ1) is 15.4. The van der Waals surface area contributed by atoms with E-state index in [1.807, 2.05) is 6.26 Å². The van der Waals surface area contributed by atoms with Crippen LogP contribution in [0.3, 0.4) is 0 Å². The summed E-state index contributed by atoms with van der Waals surface area (Å²) in [5.41, 5.74) is 0. The van der Waals surface area contributed by atoms with Gasteiger partial charge in [0.2, 0.25) is 5.89 Å². The number of esters is 1. The summed E-state index contributed by atoms with van der Waals surface area (Å²) >= 11 is 2.90. The number of methoxy groups -OCH3 is 1. The second-order valence-electron chi connectivity index (χ2n) is 3.67. The highest BCUT2D eigenvalue weighted by molar-refractivity contribution is 8.00. The Labute approximate surface area is 115 Å². The molecule has 18 heavy (non-hydrogen) atoms. The van der Waals surface area contributed by atoms with Crippen LogP contribution >= 0.6 is 23.5 Å². The highest BCUT2D eigenvalue weighted by Gasteiger charge is 2.23. The lowest BCUT2D eigenvalue weighted by atomic mass is 10.2.